The van der Waals surface area contributed by atoms with Crippen LogP contribution in [0.2, 0.25) is 0 Å². The molecular weight excluding hydrogens is 437 g/mol. The summed E-state index contributed by atoms with van der Waals surface area (Å²) in [6.45, 7) is 3.17. The van der Waals surface area contributed by atoms with Gasteiger partial charge in [-0.15, -0.1) is 0 Å². The molecule has 6 rings (SSSR count). The largest absolute Gasteiger partial charge is 0.339 e. The minimum atomic E-state index is -0.248. The summed E-state index contributed by atoms with van der Waals surface area (Å²) in [7, 11) is 0. The molecule has 0 spiro atoms. The van der Waals surface area contributed by atoms with Crippen molar-refractivity contribution in [2.45, 2.75) is 57.9 Å². The number of fused-ring (bicyclic) bond motifs is 2. The molecule has 0 radical (unpaired) electrons. The van der Waals surface area contributed by atoms with Crippen LogP contribution in [0.3, 0.4) is 0 Å². The van der Waals surface area contributed by atoms with E-state index >= 15 is 0 Å². The SMILES string of the molecule is C[C@]12Cc3cnn(-c4ccc(F)cc4)c3C=C1CC[C@@H]2C(=O)N1CCCC1CCc1ccccc1. The van der Waals surface area contributed by atoms with Crippen LogP contribution in [0.15, 0.2) is 66.4 Å². The minimum absolute atomic E-state index is 0.0217. The molecule has 35 heavy (non-hydrogen) atoms. The number of aromatic nitrogens is 2. The van der Waals surface area contributed by atoms with Crippen molar-refractivity contribution in [2.24, 2.45) is 11.3 Å². The Morgan fingerprint density at radius 1 is 1.11 bits per heavy atom. The highest BCUT2D eigenvalue weighted by Crippen LogP contribution is 2.54. The molecule has 4 nitrogen and oxygen atoms in total. The van der Waals surface area contributed by atoms with Gasteiger partial charge in [0.1, 0.15) is 5.82 Å². The Balaban J connectivity index is 1.21. The van der Waals surface area contributed by atoms with E-state index in [1.807, 2.05) is 10.9 Å². The first-order valence-electron chi connectivity index (χ1n) is 12.9. The third-order valence-electron chi connectivity index (χ3n) is 8.60. The molecule has 1 aromatic heterocycles. The molecule has 180 valence electrons. The van der Waals surface area contributed by atoms with Gasteiger partial charge in [0.15, 0.2) is 0 Å². The number of aryl methyl sites for hydroxylation is 1. The van der Waals surface area contributed by atoms with Crippen LogP contribution in [0.4, 0.5) is 4.39 Å². The van der Waals surface area contributed by atoms with Crippen molar-refractivity contribution in [1.29, 1.82) is 0 Å². The van der Waals surface area contributed by atoms with E-state index in [2.05, 4.69) is 53.3 Å². The summed E-state index contributed by atoms with van der Waals surface area (Å²) >= 11 is 0. The fourth-order valence-corrected chi connectivity index (χ4v) is 6.63. The zero-order chi connectivity index (χ0) is 24.0. The smallest absolute Gasteiger partial charge is 0.226 e. The van der Waals surface area contributed by atoms with Crippen molar-refractivity contribution in [1.82, 2.24) is 14.7 Å². The lowest BCUT2D eigenvalue weighted by atomic mass is 9.69. The molecule has 1 aliphatic heterocycles. The van der Waals surface area contributed by atoms with Gasteiger partial charge < -0.3 is 4.90 Å². The molecular formula is C30H32FN3O. The monoisotopic (exact) mass is 469 g/mol. The summed E-state index contributed by atoms with van der Waals surface area (Å²) in [5.41, 5.74) is 5.64. The quantitative estimate of drug-likeness (QED) is 0.460. The van der Waals surface area contributed by atoms with E-state index in [1.54, 1.807) is 12.1 Å². The highest BCUT2D eigenvalue weighted by atomic mass is 19.1. The van der Waals surface area contributed by atoms with E-state index in [0.717, 1.165) is 62.9 Å². The van der Waals surface area contributed by atoms with Gasteiger partial charge in [0, 0.05) is 23.9 Å². The minimum Gasteiger partial charge on any atom is -0.339 e. The van der Waals surface area contributed by atoms with Gasteiger partial charge in [-0.05, 0) is 86.4 Å². The fourth-order valence-electron chi connectivity index (χ4n) is 6.63. The molecule has 5 heteroatoms. The first-order valence-corrected chi connectivity index (χ1v) is 12.9. The number of hydrogen-bond donors (Lipinski definition) is 0. The van der Waals surface area contributed by atoms with Crippen molar-refractivity contribution in [3.05, 3.63) is 89.0 Å². The second-order valence-corrected chi connectivity index (χ2v) is 10.7. The second kappa shape index (κ2) is 8.78. The van der Waals surface area contributed by atoms with Crippen molar-refractivity contribution in [3.8, 4) is 5.69 Å². The lowest BCUT2D eigenvalue weighted by molar-refractivity contribution is -0.139. The van der Waals surface area contributed by atoms with Crippen LogP contribution in [-0.2, 0) is 17.6 Å². The Morgan fingerprint density at radius 3 is 2.71 bits per heavy atom. The number of hydrogen-bond acceptors (Lipinski definition) is 2. The van der Waals surface area contributed by atoms with Crippen LogP contribution in [0, 0.1) is 17.2 Å². The topological polar surface area (TPSA) is 38.1 Å². The number of likely N-dealkylation sites (tertiary alicyclic amines) is 1. The molecule has 1 saturated carbocycles. The number of carbonyl (C=O) groups is 1. The number of halogens is 1. The van der Waals surface area contributed by atoms with Crippen LogP contribution in [-0.4, -0.2) is 33.2 Å². The van der Waals surface area contributed by atoms with Crippen LogP contribution in [0.25, 0.3) is 11.8 Å². The van der Waals surface area contributed by atoms with E-state index in [9.17, 15) is 9.18 Å². The predicted octanol–water partition coefficient (Wildman–Crippen LogP) is 5.99. The Hall–Kier alpha value is -3.21. The summed E-state index contributed by atoms with van der Waals surface area (Å²) in [6, 6.07) is 17.4. The predicted molar refractivity (Wildman–Crippen MR) is 136 cm³/mol. The van der Waals surface area contributed by atoms with Gasteiger partial charge in [-0.1, -0.05) is 42.8 Å². The Morgan fingerprint density at radius 2 is 1.91 bits per heavy atom. The highest BCUT2D eigenvalue weighted by Gasteiger charge is 2.50. The van der Waals surface area contributed by atoms with Crippen LogP contribution in [0.5, 0.6) is 0 Å². The zero-order valence-electron chi connectivity index (χ0n) is 20.3. The van der Waals surface area contributed by atoms with Gasteiger partial charge in [-0.3, -0.25) is 4.79 Å². The van der Waals surface area contributed by atoms with Gasteiger partial charge in [0.2, 0.25) is 5.91 Å². The summed E-state index contributed by atoms with van der Waals surface area (Å²) in [6.07, 6.45) is 11.1. The van der Waals surface area contributed by atoms with Gasteiger partial charge in [0.05, 0.1) is 17.6 Å². The molecule has 1 saturated heterocycles. The number of amides is 1. The molecule has 2 fully saturated rings. The molecule has 1 amide bonds. The highest BCUT2D eigenvalue weighted by molar-refractivity contribution is 5.83. The van der Waals surface area contributed by atoms with Crippen molar-refractivity contribution in [2.75, 3.05) is 6.54 Å². The maximum absolute atomic E-state index is 13.9. The first kappa shape index (κ1) is 22.3. The molecule has 2 aliphatic carbocycles. The molecule has 3 aromatic rings. The van der Waals surface area contributed by atoms with Gasteiger partial charge in [0.25, 0.3) is 0 Å². The normalized spacial score (nSPS) is 25.3. The Kier molecular flexibility index (Phi) is 5.58. The molecule has 3 atom stereocenters. The molecule has 3 aliphatic rings. The van der Waals surface area contributed by atoms with Crippen molar-refractivity contribution >= 4 is 12.0 Å². The van der Waals surface area contributed by atoms with Crippen LogP contribution >= 0.6 is 0 Å². The molecule has 2 heterocycles. The number of rotatable bonds is 5. The molecule has 0 bridgehead atoms. The lowest BCUT2D eigenvalue weighted by Gasteiger charge is -2.38. The molecule has 2 aromatic carbocycles. The van der Waals surface area contributed by atoms with E-state index in [0.29, 0.717) is 11.9 Å². The number of allylic oxidation sites excluding steroid dienone is 1. The zero-order valence-corrected chi connectivity index (χ0v) is 20.3. The third-order valence-corrected chi connectivity index (χ3v) is 8.60. The van der Waals surface area contributed by atoms with Crippen molar-refractivity contribution < 1.29 is 9.18 Å². The van der Waals surface area contributed by atoms with Gasteiger partial charge in [-0.2, -0.15) is 5.10 Å². The van der Waals surface area contributed by atoms with E-state index in [-0.39, 0.29) is 17.2 Å². The first-order chi connectivity index (χ1) is 17.0. The van der Waals surface area contributed by atoms with E-state index < -0.39 is 0 Å². The maximum Gasteiger partial charge on any atom is 0.226 e. The van der Waals surface area contributed by atoms with Gasteiger partial charge >= 0.3 is 0 Å². The third kappa shape index (κ3) is 3.91. The second-order valence-electron chi connectivity index (χ2n) is 10.7. The number of benzene rings is 2. The summed E-state index contributed by atoms with van der Waals surface area (Å²) < 4.78 is 15.3. The summed E-state index contributed by atoms with van der Waals surface area (Å²) in [5.74, 6) is 0.121. The maximum atomic E-state index is 13.9. The van der Waals surface area contributed by atoms with Crippen LogP contribution < -0.4 is 0 Å². The Labute approximate surface area is 206 Å². The standard InChI is InChI=1S/C30H32FN3O/c1-30-19-22-20-32-34(26-14-11-24(31)12-15-26)28(22)18-23(30)10-16-27(30)29(35)33-17-5-8-25(33)13-9-21-6-3-2-4-7-21/h2-4,6-7,11-12,14-15,18,20,25,27H,5,8-10,13,16-17,19H2,1H3/t25?,27-,30+/m1/s1. The summed E-state index contributed by atoms with van der Waals surface area (Å²) in [5, 5.41) is 4.62. The molecule has 0 N–H and O–H groups in total. The Bertz CT molecular complexity index is 1260. The van der Waals surface area contributed by atoms with E-state index in [1.165, 1.54) is 28.8 Å². The summed E-state index contributed by atoms with van der Waals surface area (Å²) in [4.78, 5) is 16.1. The number of nitrogens with zero attached hydrogens (tertiary/aromatic N) is 3. The average Bonchev–Trinajstić information content (AvgIpc) is 3.58. The van der Waals surface area contributed by atoms with Crippen LogP contribution in [0.1, 0.15) is 55.8 Å². The van der Waals surface area contributed by atoms with Crippen molar-refractivity contribution in [3.63, 3.8) is 0 Å². The fraction of sp³-hybridized carbons (Fsp3) is 0.400. The molecule has 1 unspecified atom stereocenters. The average molecular weight is 470 g/mol. The lowest BCUT2D eigenvalue weighted by Crippen LogP contribution is -2.44. The number of carbonyl (C=O) groups excluding carboxylic acids is 1. The van der Waals surface area contributed by atoms with Gasteiger partial charge in [-0.25, -0.2) is 9.07 Å². The van der Waals surface area contributed by atoms with E-state index in [4.69, 9.17) is 0 Å².